The lowest BCUT2D eigenvalue weighted by molar-refractivity contribution is 0.0927. The highest BCUT2D eigenvalue weighted by Crippen LogP contribution is 2.20. The molecule has 1 atom stereocenters. The molecule has 1 aromatic rings. The molecule has 0 aliphatic heterocycles. The Morgan fingerprint density at radius 3 is 2.65 bits per heavy atom. The van der Waals surface area contributed by atoms with Gasteiger partial charge in [-0.1, -0.05) is 13.8 Å². The van der Waals surface area contributed by atoms with Gasteiger partial charge in [0.05, 0.1) is 16.8 Å². The number of aliphatic hydroxyl groups is 1. The van der Waals surface area contributed by atoms with Crippen molar-refractivity contribution in [2.45, 2.75) is 40.2 Å². The summed E-state index contributed by atoms with van der Waals surface area (Å²) in [6, 6.07) is 0. The van der Waals surface area contributed by atoms with Crippen LogP contribution in [-0.4, -0.2) is 28.6 Å². The van der Waals surface area contributed by atoms with E-state index in [0.29, 0.717) is 10.8 Å². The highest BCUT2D eigenvalue weighted by atomic mass is 32.1. The number of aromatic nitrogens is 1. The van der Waals surface area contributed by atoms with Gasteiger partial charge in [0.15, 0.2) is 0 Å². The van der Waals surface area contributed by atoms with Gasteiger partial charge in [-0.3, -0.25) is 4.79 Å². The Balaban J connectivity index is 2.70. The van der Waals surface area contributed by atoms with Gasteiger partial charge in [0.1, 0.15) is 4.88 Å². The minimum absolute atomic E-state index is 0.143. The summed E-state index contributed by atoms with van der Waals surface area (Å²) in [4.78, 5) is 16.9. The quantitative estimate of drug-likeness (QED) is 0.844. The lowest BCUT2D eigenvalue weighted by Crippen LogP contribution is -2.30. The Morgan fingerprint density at radius 1 is 1.47 bits per heavy atom. The third kappa shape index (κ3) is 4.44. The number of carbonyl (C=O) groups is 1. The van der Waals surface area contributed by atoms with Gasteiger partial charge in [0, 0.05) is 13.0 Å². The number of nitrogens with one attached hydrogen (secondary N) is 1. The minimum atomic E-state index is -0.526. The summed E-state index contributed by atoms with van der Waals surface area (Å²) in [6.07, 6.45) is 0.372. The van der Waals surface area contributed by atoms with Crippen LogP contribution in [0, 0.1) is 12.8 Å². The fourth-order valence-electron chi connectivity index (χ4n) is 1.42. The number of carbonyl (C=O) groups excluding carboxylic acids is 1. The first-order chi connectivity index (χ1) is 7.90. The summed E-state index contributed by atoms with van der Waals surface area (Å²) in [5.41, 5.74) is 0.772. The number of nitrogens with zero attached hydrogens (tertiary/aromatic N) is 1. The van der Waals surface area contributed by atoms with E-state index < -0.39 is 6.10 Å². The third-order valence-electron chi connectivity index (χ3n) is 2.19. The summed E-state index contributed by atoms with van der Waals surface area (Å²) in [7, 11) is 0. The molecule has 1 aromatic heterocycles. The zero-order valence-corrected chi connectivity index (χ0v) is 11.6. The lowest BCUT2D eigenvalue weighted by Gasteiger charge is -2.05. The van der Waals surface area contributed by atoms with Crippen LogP contribution in [-0.2, 0) is 6.42 Å². The van der Waals surface area contributed by atoms with E-state index in [1.807, 2.05) is 6.92 Å². The van der Waals surface area contributed by atoms with E-state index in [4.69, 9.17) is 5.11 Å². The van der Waals surface area contributed by atoms with Gasteiger partial charge >= 0.3 is 0 Å². The zero-order valence-electron chi connectivity index (χ0n) is 10.8. The van der Waals surface area contributed by atoms with Crippen LogP contribution in [0.1, 0.15) is 41.1 Å². The molecule has 1 amide bonds. The first kappa shape index (κ1) is 14.1. The van der Waals surface area contributed by atoms with Crippen molar-refractivity contribution in [2.24, 2.45) is 5.92 Å². The van der Waals surface area contributed by atoms with E-state index in [0.717, 1.165) is 17.1 Å². The second-order valence-electron chi connectivity index (χ2n) is 4.68. The van der Waals surface area contributed by atoms with E-state index in [1.54, 1.807) is 6.92 Å². The Labute approximate surface area is 106 Å². The average Bonchev–Trinajstić information content (AvgIpc) is 2.54. The van der Waals surface area contributed by atoms with Gasteiger partial charge in [-0.05, 0) is 19.8 Å². The molecule has 0 bridgehead atoms. The molecule has 17 heavy (non-hydrogen) atoms. The predicted molar refractivity (Wildman–Crippen MR) is 69.4 cm³/mol. The van der Waals surface area contributed by atoms with Crippen LogP contribution in [0.25, 0.3) is 0 Å². The van der Waals surface area contributed by atoms with E-state index in [2.05, 4.69) is 24.1 Å². The molecule has 1 rings (SSSR count). The van der Waals surface area contributed by atoms with Gasteiger partial charge in [-0.2, -0.15) is 0 Å². The molecule has 96 valence electrons. The van der Waals surface area contributed by atoms with Crippen LogP contribution >= 0.6 is 11.3 Å². The van der Waals surface area contributed by atoms with Crippen molar-refractivity contribution >= 4 is 17.2 Å². The Kier molecular flexibility index (Phi) is 5.08. The molecular formula is C12H20N2O2S. The molecule has 0 aliphatic carbocycles. The molecule has 0 saturated carbocycles. The maximum atomic E-state index is 11.8. The van der Waals surface area contributed by atoms with Crippen molar-refractivity contribution in [3.05, 3.63) is 15.6 Å². The number of hydrogen-bond donors (Lipinski definition) is 2. The van der Waals surface area contributed by atoms with Crippen LogP contribution in [0.5, 0.6) is 0 Å². The van der Waals surface area contributed by atoms with Crippen LogP contribution in [0.15, 0.2) is 0 Å². The van der Waals surface area contributed by atoms with Gasteiger partial charge in [0.25, 0.3) is 5.91 Å². The van der Waals surface area contributed by atoms with Crippen molar-refractivity contribution < 1.29 is 9.90 Å². The summed E-state index contributed by atoms with van der Waals surface area (Å²) in [5, 5.41) is 12.8. The Hall–Kier alpha value is -0.940. The number of aryl methyl sites for hydroxylation is 1. The lowest BCUT2D eigenvalue weighted by atomic mass is 10.1. The number of amides is 1. The number of thiazole rings is 1. The second-order valence-corrected chi connectivity index (χ2v) is 5.76. The van der Waals surface area contributed by atoms with Gasteiger partial charge in [-0.15, -0.1) is 11.3 Å². The maximum absolute atomic E-state index is 11.8. The highest BCUT2D eigenvalue weighted by Gasteiger charge is 2.15. The van der Waals surface area contributed by atoms with Gasteiger partial charge in [-0.25, -0.2) is 4.98 Å². The SMILES string of the molecule is Cc1nc(CC(C)C)sc1C(=O)NCC(C)O. The van der Waals surface area contributed by atoms with Crippen molar-refractivity contribution in [2.75, 3.05) is 6.54 Å². The van der Waals surface area contributed by atoms with Crippen LogP contribution < -0.4 is 5.32 Å². The third-order valence-corrected chi connectivity index (χ3v) is 3.37. The van der Waals surface area contributed by atoms with Crippen molar-refractivity contribution in [1.29, 1.82) is 0 Å². The van der Waals surface area contributed by atoms with Crippen molar-refractivity contribution in [1.82, 2.24) is 10.3 Å². The molecule has 0 radical (unpaired) electrons. The summed E-state index contributed by atoms with van der Waals surface area (Å²) in [5.74, 6) is 0.393. The van der Waals surface area contributed by atoms with Crippen LogP contribution in [0.4, 0.5) is 0 Å². The average molecular weight is 256 g/mol. The highest BCUT2D eigenvalue weighted by molar-refractivity contribution is 7.13. The maximum Gasteiger partial charge on any atom is 0.263 e. The fraction of sp³-hybridized carbons (Fsp3) is 0.667. The molecule has 4 nitrogen and oxygen atoms in total. The van der Waals surface area contributed by atoms with Crippen molar-refractivity contribution in [3.63, 3.8) is 0 Å². The molecule has 0 aliphatic rings. The zero-order chi connectivity index (χ0) is 13.0. The summed E-state index contributed by atoms with van der Waals surface area (Å²) < 4.78 is 0. The normalized spacial score (nSPS) is 12.8. The fourth-order valence-corrected chi connectivity index (χ4v) is 2.61. The van der Waals surface area contributed by atoms with E-state index in [9.17, 15) is 4.79 Å². The largest absolute Gasteiger partial charge is 0.392 e. The summed E-state index contributed by atoms with van der Waals surface area (Å²) in [6.45, 7) is 8.02. The summed E-state index contributed by atoms with van der Waals surface area (Å²) >= 11 is 1.44. The monoisotopic (exact) mass is 256 g/mol. The first-order valence-electron chi connectivity index (χ1n) is 5.82. The molecular weight excluding hydrogens is 236 g/mol. The molecule has 5 heteroatoms. The van der Waals surface area contributed by atoms with E-state index >= 15 is 0 Å². The molecule has 0 spiro atoms. The molecule has 0 fully saturated rings. The van der Waals surface area contributed by atoms with Gasteiger partial charge < -0.3 is 10.4 Å². The van der Waals surface area contributed by atoms with Gasteiger partial charge in [0.2, 0.25) is 0 Å². The number of rotatable bonds is 5. The topological polar surface area (TPSA) is 62.2 Å². The molecule has 1 heterocycles. The molecule has 1 unspecified atom stereocenters. The molecule has 0 aromatic carbocycles. The van der Waals surface area contributed by atoms with Crippen molar-refractivity contribution in [3.8, 4) is 0 Å². The number of hydrogen-bond acceptors (Lipinski definition) is 4. The molecule has 0 saturated heterocycles. The van der Waals surface area contributed by atoms with Crippen LogP contribution in [0.3, 0.4) is 0 Å². The Bertz CT molecular complexity index is 386. The first-order valence-corrected chi connectivity index (χ1v) is 6.64. The number of aliphatic hydroxyl groups excluding tert-OH is 1. The molecule has 2 N–H and O–H groups in total. The predicted octanol–water partition coefficient (Wildman–Crippen LogP) is 1.76. The second kappa shape index (κ2) is 6.12. The Morgan fingerprint density at radius 2 is 2.12 bits per heavy atom. The smallest absolute Gasteiger partial charge is 0.263 e. The van der Waals surface area contributed by atoms with Crippen LogP contribution in [0.2, 0.25) is 0 Å². The van der Waals surface area contributed by atoms with E-state index in [1.165, 1.54) is 11.3 Å². The minimum Gasteiger partial charge on any atom is -0.392 e. The van der Waals surface area contributed by atoms with E-state index in [-0.39, 0.29) is 12.5 Å². The standard InChI is InChI=1S/C12H20N2O2S/c1-7(2)5-10-14-9(4)11(17-10)12(16)13-6-8(3)15/h7-8,15H,5-6H2,1-4H3,(H,13,16).